The summed E-state index contributed by atoms with van der Waals surface area (Å²) in [7, 11) is 1.85. The second-order valence-electron chi connectivity index (χ2n) is 4.55. The van der Waals surface area contributed by atoms with E-state index < -0.39 is 0 Å². The van der Waals surface area contributed by atoms with Crippen LogP contribution in [0, 0.1) is 6.92 Å². The fourth-order valence-corrected chi connectivity index (χ4v) is 1.88. The maximum absolute atomic E-state index is 12.1. The molecule has 2 aromatic rings. The van der Waals surface area contributed by atoms with Gasteiger partial charge >= 0.3 is 5.97 Å². The lowest BCUT2D eigenvalue weighted by Gasteiger charge is -2.07. The average Bonchev–Trinajstić information content (AvgIpc) is 2.84. The normalized spacial score (nSPS) is 11.4. The molecule has 0 aliphatic rings. The highest BCUT2D eigenvalue weighted by Gasteiger charge is 2.17. The second-order valence-corrected chi connectivity index (χ2v) is 4.55. The molecule has 1 aromatic heterocycles. The highest BCUT2D eigenvalue weighted by molar-refractivity contribution is 6.20. The summed E-state index contributed by atoms with van der Waals surface area (Å²) in [5.74, 6) is 0.242. The van der Waals surface area contributed by atoms with Crippen molar-refractivity contribution in [3.05, 3.63) is 53.6 Å². The Balaban J connectivity index is 2.43. The van der Waals surface area contributed by atoms with Crippen LogP contribution in [-0.2, 0) is 16.6 Å². The summed E-state index contributed by atoms with van der Waals surface area (Å²) in [6.07, 6.45) is 5.27. The van der Waals surface area contributed by atoms with Crippen LogP contribution in [0.3, 0.4) is 0 Å². The first-order valence-electron chi connectivity index (χ1n) is 6.55. The van der Waals surface area contributed by atoms with Crippen molar-refractivity contribution in [1.82, 2.24) is 9.55 Å². The zero-order chi connectivity index (χ0) is 14.5. The van der Waals surface area contributed by atoms with Gasteiger partial charge in [0.1, 0.15) is 11.4 Å². The Morgan fingerprint density at radius 3 is 2.60 bits per heavy atom. The summed E-state index contributed by atoms with van der Waals surface area (Å²) in [6, 6.07) is 7.95. The van der Waals surface area contributed by atoms with Gasteiger partial charge in [0, 0.05) is 19.4 Å². The molecule has 4 heteroatoms. The van der Waals surface area contributed by atoms with Crippen LogP contribution in [0.5, 0.6) is 0 Å². The quantitative estimate of drug-likeness (QED) is 0.634. The zero-order valence-electron chi connectivity index (χ0n) is 12.0. The summed E-state index contributed by atoms with van der Waals surface area (Å²) < 4.78 is 6.92. The number of esters is 1. The molecule has 0 atom stereocenters. The smallest absolute Gasteiger partial charge is 0.341 e. The third-order valence-corrected chi connectivity index (χ3v) is 2.95. The van der Waals surface area contributed by atoms with Gasteiger partial charge in [0.15, 0.2) is 0 Å². The van der Waals surface area contributed by atoms with E-state index in [9.17, 15) is 4.79 Å². The molecule has 0 aliphatic carbocycles. The number of rotatable bonds is 4. The summed E-state index contributed by atoms with van der Waals surface area (Å²) in [5, 5.41) is 0. The lowest BCUT2D eigenvalue weighted by atomic mass is 10.1. The van der Waals surface area contributed by atoms with E-state index in [1.807, 2.05) is 38.2 Å². The Morgan fingerprint density at radius 2 is 2.05 bits per heavy atom. The van der Waals surface area contributed by atoms with Gasteiger partial charge in [-0.1, -0.05) is 29.8 Å². The SMILES string of the molecule is CCOC(=O)C(=Cc1ccc(C)cc1)c1nccn1C. The maximum Gasteiger partial charge on any atom is 0.341 e. The number of ether oxygens (including phenoxy) is 1. The Morgan fingerprint density at radius 1 is 1.35 bits per heavy atom. The topological polar surface area (TPSA) is 44.1 Å². The van der Waals surface area contributed by atoms with Crippen molar-refractivity contribution in [2.24, 2.45) is 7.05 Å². The number of benzene rings is 1. The van der Waals surface area contributed by atoms with Gasteiger partial charge in [-0.2, -0.15) is 0 Å². The Hall–Kier alpha value is -2.36. The Bertz CT molecular complexity index is 624. The monoisotopic (exact) mass is 270 g/mol. The average molecular weight is 270 g/mol. The van der Waals surface area contributed by atoms with Crippen molar-refractivity contribution < 1.29 is 9.53 Å². The van der Waals surface area contributed by atoms with Crippen molar-refractivity contribution in [2.45, 2.75) is 13.8 Å². The first-order chi connectivity index (χ1) is 9.61. The van der Waals surface area contributed by atoms with Crippen LogP contribution in [0.4, 0.5) is 0 Å². The number of imidazole rings is 1. The maximum atomic E-state index is 12.1. The molecule has 0 amide bonds. The first-order valence-corrected chi connectivity index (χ1v) is 6.55. The van der Waals surface area contributed by atoms with Gasteiger partial charge < -0.3 is 9.30 Å². The molecular weight excluding hydrogens is 252 g/mol. The molecule has 0 unspecified atom stereocenters. The number of aryl methyl sites for hydroxylation is 2. The van der Waals surface area contributed by atoms with Crippen molar-refractivity contribution >= 4 is 17.6 Å². The number of aromatic nitrogens is 2. The fraction of sp³-hybridized carbons (Fsp3) is 0.250. The molecular formula is C16H18N2O2. The summed E-state index contributed by atoms with van der Waals surface area (Å²) in [5.41, 5.74) is 2.58. The van der Waals surface area contributed by atoms with Gasteiger partial charge in [0.2, 0.25) is 0 Å². The molecule has 4 nitrogen and oxygen atoms in total. The number of hydrogen-bond acceptors (Lipinski definition) is 3. The Labute approximate surface area is 118 Å². The summed E-state index contributed by atoms with van der Waals surface area (Å²) >= 11 is 0. The van der Waals surface area contributed by atoms with Gasteiger partial charge in [0.05, 0.1) is 6.61 Å². The van der Waals surface area contributed by atoms with Crippen LogP contribution in [0.2, 0.25) is 0 Å². The second kappa shape index (κ2) is 6.19. The van der Waals surface area contributed by atoms with Gasteiger partial charge in [-0.05, 0) is 25.5 Å². The highest BCUT2D eigenvalue weighted by atomic mass is 16.5. The van der Waals surface area contributed by atoms with E-state index in [2.05, 4.69) is 4.98 Å². The molecule has 20 heavy (non-hydrogen) atoms. The predicted molar refractivity (Wildman–Crippen MR) is 78.9 cm³/mol. The minimum absolute atomic E-state index is 0.342. The van der Waals surface area contributed by atoms with Crippen LogP contribution in [0.25, 0.3) is 11.6 Å². The Kier molecular flexibility index (Phi) is 4.35. The van der Waals surface area contributed by atoms with Gasteiger partial charge in [-0.25, -0.2) is 9.78 Å². The van der Waals surface area contributed by atoms with E-state index in [1.165, 1.54) is 5.56 Å². The minimum atomic E-state index is -0.359. The van der Waals surface area contributed by atoms with E-state index >= 15 is 0 Å². The van der Waals surface area contributed by atoms with Crippen LogP contribution in [0.15, 0.2) is 36.7 Å². The van der Waals surface area contributed by atoms with Crippen LogP contribution < -0.4 is 0 Å². The van der Waals surface area contributed by atoms with E-state index in [0.717, 1.165) is 5.56 Å². The van der Waals surface area contributed by atoms with Crippen molar-refractivity contribution in [2.75, 3.05) is 6.61 Å². The molecule has 1 heterocycles. The molecule has 0 N–H and O–H groups in total. The molecule has 0 fully saturated rings. The van der Waals surface area contributed by atoms with Crippen LogP contribution in [-0.4, -0.2) is 22.1 Å². The predicted octanol–water partition coefficient (Wildman–Crippen LogP) is 2.83. The third kappa shape index (κ3) is 3.15. The molecule has 0 aliphatic heterocycles. The molecule has 2 rings (SSSR count). The van der Waals surface area contributed by atoms with Crippen LogP contribution in [0.1, 0.15) is 23.9 Å². The molecule has 0 saturated carbocycles. The largest absolute Gasteiger partial charge is 0.462 e. The van der Waals surface area contributed by atoms with E-state index in [0.29, 0.717) is 18.0 Å². The van der Waals surface area contributed by atoms with E-state index in [1.54, 1.807) is 30.0 Å². The van der Waals surface area contributed by atoms with Gasteiger partial charge in [-0.15, -0.1) is 0 Å². The van der Waals surface area contributed by atoms with Crippen molar-refractivity contribution in [1.29, 1.82) is 0 Å². The molecule has 1 aromatic carbocycles. The fourth-order valence-electron chi connectivity index (χ4n) is 1.88. The number of carbonyl (C=O) groups excluding carboxylic acids is 1. The molecule has 0 spiro atoms. The summed E-state index contributed by atoms with van der Waals surface area (Å²) in [4.78, 5) is 16.3. The molecule has 0 radical (unpaired) electrons. The molecule has 0 bridgehead atoms. The van der Waals surface area contributed by atoms with Crippen molar-refractivity contribution in [3.63, 3.8) is 0 Å². The number of nitrogens with zero attached hydrogens (tertiary/aromatic N) is 2. The van der Waals surface area contributed by atoms with E-state index in [-0.39, 0.29) is 5.97 Å². The van der Waals surface area contributed by atoms with Gasteiger partial charge in [0.25, 0.3) is 0 Å². The number of hydrogen-bond donors (Lipinski definition) is 0. The number of carbonyl (C=O) groups is 1. The van der Waals surface area contributed by atoms with Gasteiger partial charge in [-0.3, -0.25) is 0 Å². The standard InChI is InChI=1S/C16H18N2O2/c1-4-20-16(19)14(15-17-9-10-18(15)3)11-13-7-5-12(2)6-8-13/h5-11H,4H2,1-3H3. The third-order valence-electron chi connectivity index (χ3n) is 2.95. The highest BCUT2D eigenvalue weighted by Crippen LogP contribution is 2.18. The minimum Gasteiger partial charge on any atom is -0.462 e. The summed E-state index contributed by atoms with van der Waals surface area (Å²) in [6.45, 7) is 4.16. The molecule has 104 valence electrons. The zero-order valence-corrected chi connectivity index (χ0v) is 12.0. The van der Waals surface area contributed by atoms with E-state index in [4.69, 9.17) is 4.74 Å². The lowest BCUT2D eigenvalue weighted by molar-refractivity contribution is -0.136. The molecule has 0 saturated heterocycles. The van der Waals surface area contributed by atoms with Crippen LogP contribution >= 0.6 is 0 Å². The lowest BCUT2D eigenvalue weighted by Crippen LogP contribution is -2.10. The first kappa shape index (κ1) is 14.1. The van der Waals surface area contributed by atoms with Crippen molar-refractivity contribution in [3.8, 4) is 0 Å².